The van der Waals surface area contributed by atoms with E-state index >= 15 is 0 Å². The Morgan fingerprint density at radius 1 is 1.10 bits per heavy atom. The van der Waals surface area contributed by atoms with E-state index in [4.69, 9.17) is 5.73 Å². The Bertz CT molecular complexity index is 612. The minimum atomic E-state index is -0.427. The SMILES string of the molecule is Nc1cc(F)cc(SCC(=O)NCc2ccc(F)cc2)c1. The number of rotatable bonds is 5. The molecule has 0 radical (unpaired) electrons. The predicted octanol–water partition coefficient (Wildman–Crippen LogP) is 2.96. The maximum Gasteiger partial charge on any atom is 0.230 e. The van der Waals surface area contributed by atoms with Crippen molar-refractivity contribution in [2.75, 3.05) is 11.5 Å². The van der Waals surface area contributed by atoms with Gasteiger partial charge in [-0.2, -0.15) is 0 Å². The van der Waals surface area contributed by atoms with E-state index in [1.54, 1.807) is 18.2 Å². The number of hydrogen-bond acceptors (Lipinski definition) is 3. The lowest BCUT2D eigenvalue weighted by Crippen LogP contribution is -2.24. The van der Waals surface area contributed by atoms with Crippen molar-refractivity contribution in [2.45, 2.75) is 11.4 Å². The fraction of sp³-hybridized carbons (Fsp3) is 0.133. The summed E-state index contributed by atoms with van der Waals surface area (Å²) in [6.07, 6.45) is 0. The van der Waals surface area contributed by atoms with Gasteiger partial charge in [0, 0.05) is 17.1 Å². The van der Waals surface area contributed by atoms with Crippen molar-refractivity contribution in [2.24, 2.45) is 0 Å². The summed E-state index contributed by atoms with van der Waals surface area (Å²) in [5, 5.41) is 2.71. The number of hydrogen-bond donors (Lipinski definition) is 2. The molecular formula is C15H14F2N2OS. The van der Waals surface area contributed by atoms with Crippen molar-refractivity contribution in [3.63, 3.8) is 0 Å². The van der Waals surface area contributed by atoms with E-state index in [0.717, 1.165) is 5.56 Å². The van der Waals surface area contributed by atoms with Crippen molar-refractivity contribution in [3.05, 3.63) is 59.7 Å². The maximum atomic E-state index is 13.1. The van der Waals surface area contributed by atoms with Gasteiger partial charge in [0.2, 0.25) is 5.91 Å². The first-order valence-electron chi connectivity index (χ1n) is 6.23. The largest absolute Gasteiger partial charge is 0.399 e. The summed E-state index contributed by atoms with van der Waals surface area (Å²) >= 11 is 1.20. The Morgan fingerprint density at radius 3 is 2.48 bits per heavy atom. The van der Waals surface area contributed by atoms with E-state index in [0.29, 0.717) is 17.1 Å². The maximum absolute atomic E-state index is 13.1. The van der Waals surface area contributed by atoms with Gasteiger partial charge in [-0.05, 0) is 35.9 Å². The van der Waals surface area contributed by atoms with Crippen molar-refractivity contribution < 1.29 is 13.6 Å². The molecular weight excluding hydrogens is 294 g/mol. The van der Waals surface area contributed by atoms with Crippen LogP contribution >= 0.6 is 11.8 Å². The number of amides is 1. The van der Waals surface area contributed by atoms with Gasteiger partial charge in [0.25, 0.3) is 0 Å². The summed E-state index contributed by atoms with van der Waals surface area (Å²) in [6.45, 7) is 0.324. The van der Waals surface area contributed by atoms with Crippen LogP contribution in [0.15, 0.2) is 47.4 Å². The molecule has 0 heterocycles. The Balaban J connectivity index is 1.80. The fourth-order valence-corrected chi connectivity index (χ4v) is 2.49. The quantitative estimate of drug-likeness (QED) is 0.659. The zero-order chi connectivity index (χ0) is 15.2. The van der Waals surface area contributed by atoms with Crippen molar-refractivity contribution in [1.29, 1.82) is 0 Å². The molecule has 2 aromatic carbocycles. The van der Waals surface area contributed by atoms with Gasteiger partial charge in [0.05, 0.1) is 5.75 Å². The molecule has 3 N–H and O–H groups in total. The second-order valence-electron chi connectivity index (χ2n) is 4.41. The highest BCUT2D eigenvalue weighted by Crippen LogP contribution is 2.21. The third-order valence-electron chi connectivity index (χ3n) is 2.67. The molecule has 3 nitrogen and oxygen atoms in total. The first-order chi connectivity index (χ1) is 10.0. The molecule has 1 amide bonds. The van der Waals surface area contributed by atoms with Crippen LogP contribution in [0.1, 0.15) is 5.56 Å². The van der Waals surface area contributed by atoms with E-state index < -0.39 is 5.82 Å². The molecule has 0 saturated carbocycles. The van der Waals surface area contributed by atoms with E-state index in [1.165, 1.54) is 36.0 Å². The molecule has 0 unspecified atom stereocenters. The van der Waals surface area contributed by atoms with Gasteiger partial charge in [-0.3, -0.25) is 4.79 Å². The van der Waals surface area contributed by atoms with Gasteiger partial charge in [0.1, 0.15) is 11.6 Å². The van der Waals surface area contributed by atoms with Crippen LogP contribution in [0, 0.1) is 11.6 Å². The van der Waals surface area contributed by atoms with Crippen molar-refractivity contribution in [3.8, 4) is 0 Å². The van der Waals surface area contributed by atoms with Gasteiger partial charge in [-0.15, -0.1) is 11.8 Å². The lowest BCUT2D eigenvalue weighted by atomic mass is 10.2. The number of thioether (sulfide) groups is 1. The van der Waals surface area contributed by atoms with Crippen LogP contribution in [0.25, 0.3) is 0 Å². The second-order valence-corrected chi connectivity index (χ2v) is 5.46. The highest BCUT2D eigenvalue weighted by molar-refractivity contribution is 8.00. The molecule has 0 fully saturated rings. The third-order valence-corrected chi connectivity index (χ3v) is 3.64. The van der Waals surface area contributed by atoms with Crippen LogP contribution in [-0.2, 0) is 11.3 Å². The number of carbonyl (C=O) groups excluding carboxylic acids is 1. The Morgan fingerprint density at radius 2 is 1.81 bits per heavy atom. The summed E-state index contributed by atoms with van der Waals surface area (Å²) in [7, 11) is 0. The Hall–Kier alpha value is -2.08. The first kappa shape index (κ1) is 15.3. The predicted molar refractivity (Wildman–Crippen MR) is 79.8 cm³/mol. The number of anilines is 1. The minimum absolute atomic E-state index is 0.157. The van der Waals surface area contributed by atoms with Crippen LogP contribution in [0.4, 0.5) is 14.5 Å². The molecule has 21 heavy (non-hydrogen) atoms. The molecule has 0 atom stereocenters. The molecule has 2 rings (SSSR count). The number of nitrogens with one attached hydrogen (secondary N) is 1. The van der Waals surface area contributed by atoms with Crippen LogP contribution in [0.5, 0.6) is 0 Å². The summed E-state index contributed by atoms with van der Waals surface area (Å²) < 4.78 is 25.9. The van der Waals surface area contributed by atoms with Crippen LogP contribution < -0.4 is 11.1 Å². The highest BCUT2D eigenvalue weighted by Gasteiger charge is 2.05. The number of nitrogen functional groups attached to an aromatic ring is 1. The number of carbonyl (C=O) groups is 1. The van der Waals surface area contributed by atoms with Crippen LogP contribution in [0.3, 0.4) is 0 Å². The van der Waals surface area contributed by atoms with Crippen LogP contribution in [-0.4, -0.2) is 11.7 Å². The first-order valence-corrected chi connectivity index (χ1v) is 7.21. The van der Waals surface area contributed by atoms with Crippen molar-refractivity contribution >= 4 is 23.4 Å². The van der Waals surface area contributed by atoms with E-state index in [1.807, 2.05) is 0 Å². The summed E-state index contributed by atoms with van der Waals surface area (Å²) in [4.78, 5) is 12.3. The molecule has 0 aliphatic rings. The molecule has 2 aromatic rings. The fourth-order valence-electron chi connectivity index (χ4n) is 1.67. The molecule has 0 aliphatic carbocycles. The lowest BCUT2D eigenvalue weighted by molar-refractivity contribution is -0.118. The van der Waals surface area contributed by atoms with E-state index in [-0.39, 0.29) is 17.5 Å². The molecule has 0 spiro atoms. The average molecular weight is 308 g/mol. The van der Waals surface area contributed by atoms with Crippen LogP contribution in [0.2, 0.25) is 0 Å². The normalized spacial score (nSPS) is 10.4. The highest BCUT2D eigenvalue weighted by atomic mass is 32.2. The topological polar surface area (TPSA) is 55.1 Å². The molecule has 0 aromatic heterocycles. The second kappa shape index (κ2) is 7.08. The molecule has 110 valence electrons. The third kappa shape index (κ3) is 5.07. The molecule has 0 aliphatic heterocycles. The van der Waals surface area contributed by atoms with Gasteiger partial charge < -0.3 is 11.1 Å². The molecule has 0 bridgehead atoms. The smallest absolute Gasteiger partial charge is 0.230 e. The minimum Gasteiger partial charge on any atom is -0.399 e. The Kier molecular flexibility index (Phi) is 5.16. The lowest BCUT2D eigenvalue weighted by Gasteiger charge is -2.06. The van der Waals surface area contributed by atoms with Gasteiger partial charge in [-0.25, -0.2) is 8.78 Å². The zero-order valence-electron chi connectivity index (χ0n) is 11.1. The summed E-state index contributed by atoms with van der Waals surface area (Å²) in [5.41, 5.74) is 6.66. The summed E-state index contributed by atoms with van der Waals surface area (Å²) in [5.74, 6) is -0.773. The molecule has 6 heteroatoms. The van der Waals surface area contributed by atoms with E-state index in [9.17, 15) is 13.6 Å². The number of halogens is 2. The average Bonchev–Trinajstić information content (AvgIpc) is 2.43. The molecule has 0 saturated heterocycles. The zero-order valence-corrected chi connectivity index (χ0v) is 11.9. The van der Waals surface area contributed by atoms with Gasteiger partial charge in [-0.1, -0.05) is 12.1 Å². The number of benzene rings is 2. The number of nitrogens with two attached hydrogens (primary N) is 1. The van der Waals surface area contributed by atoms with Crippen molar-refractivity contribution in [1.82, 2.24) is 5.32 Å². The summed E-state index contributed by atoms with van der Waals surface area (Å²) in [6, 6.07) is 10.1. The van der Waals surface area contributed by atoms with E-state index in [2.05, 4.69) is 5.32 Å². The monoisotopic (exact) mass is 308 g/mol. The van der Waals surface area contributed by atoms with Gasteiger partial charge in [0.15, 0.2) is 0 Å². The standard InChI is InChI=1S/C15H14F2N2OS/c16-11-3-1-10(2-4-11)8-19-15(20)9-21-14-6-12(17)5-13(18)7-14/h1-7H,8-9,18H2,(H,19,20). The van der Waals surface area contributed by atoms with Gasteiger partial charge >= 0.3 is 0 Å². The Labute approximate surface area is 125 Å².